The molecule has 53 heavy (non-hydrogen) atoms. The van der Waals surface area contributed by atoms with Gasteiger partial charge >= 0.3 is 5.97 Å². The summed E-state index contributed by atoms with van der Waals surface area (Å²) in [5, 5.41) is 12.0. The fourth-order valence-corrected chi connectivity index (χ4v) is 9.53. The van der Waals surface area contributed by atoms with E-state index in [9.17, 15) is 24.3 Å². The van der Waals surface area contributed by atoms with Crippen LogP contribution in [0.5, 0.6) is 0 Å². The van der Waals surface area contributed by atoms with E-state index in [1.165, 1.54) is 4.90 Å². The van der Waals surface area contributed by atoms with Gasteiger partial charge in [-0.05, 0) is 102 Å². The van der Waals surface area contributed by atoms with Crippen molar-refractivity contribution in [3.05, 3.63) is 23.3 Å². The molecule has 0 aromatic rings. The Balaban J connectivity index is 1.50. The fraction of sp³-hybridized carbons (Fsp3) is 0.810. The molecule has 10 unspecified atom stereocenters. The van der Waals surface area contributed by atoms with Crippen molar-refractivity contribution in [2.45, 2.75) is 173 Å². The van der Waals surface area contributed by atoms with Crippen LogP contribution < -0.4 is 0 Å². The van der Waals surface area contributed by atoms with Crippen molar-refractivity contribution in [1.82, 2.24) is 4.90 Å². The Morgan fingerprint density at radius 3 is 2.36 bits per heavy atom. The molecule has 1 amide bonds. The van der Waals surface area contributed by atoms with E-state index in [4.69, 9.17) is 23.7 Å². The first-order valence-corrected chi connectivity index (χ1v) is 20.3. The largest absolute Gasteiger partial charge is 0.456 e. The van der Waals surface area contributed by atoms with E-state index < -0.39 is 59.8 Å². The minimum Gasteiger partial charge on any atom is -0.456 e. The van der Waals surface area contributed by atoms with Crippen LogP contribution in [0.15, 0.2) is 23.3 Å². The maximum absolute atomic E-state index is 14.2. The molecule has 1 aliphatic carbocycles. The summed E-state index contributed by atoms with van der Waals surface area (Å²) in [6, 6.07) is -1.01. The number of amides is 1. The Hall–Kier alpha value is -2.44. The number of ketones is 2. The van der Waals surface area contributed by atoms with E-state index in [2.05, 4.69) is 19.1 Å². The zero-order valence-corrected chi connectivity index (χ0v) is 33.4. The lowest BCUT2D eigenvalue weighted by Gasteiger charge is -2.47. The van der Waals surface area contributed by atoms with Gasteiger partial charge in [-0.1, -0.05) is 52.2 Å². The number of carbonyl (C=O) groups excluding carboxylic acids is 4. The molecule has 3 saturated heterocycles. The minimum atomic E-state index is -2.44. The molecule has 2 bridgehead atoms. The number of aliphatic hydroxyl groups is 1. The molecule has 4 heterocycles. The lowest BCUT2D eigenvalue weighted by atomic mass is 9.82. The number of methoxy groups -OCH3 is 2. The van der Waals surface area contributed by atoms with Gasteiger partial charge in [-0.2, -0.15) is 0 Å². The Labute approximate surface area is 316 Å². The zero-order chi connectivity index (χ0) is 38.7. The number of epoxide rings is 1. The molecule has 0 aromatic carbocycles. The molecule has 4 aliphatic heterocycles. The number of ether oxygens (including phenoxy) is 5. The van der Waals surface area contributed by atoms with Crippen molar-refractivity contribution in [1.29, 1.82) is 0 Å². The smallest absolute Gasteiger partial charge is 0.329 e. The molecule has 5 rings (SSSR count). The summed E-state index contributed by atoms with van der Waals surface area (Å²) in [7, 11) is 3.12. The molecular formula is C42H65NO10. The van der Waals surface area contributed by atoms with Gasteiger partial charge in [0.15, 0.2) is 0 Å². The van der Waals surface area contributed by atoms with Gasteiger partial charge in [0.05, 0.1) is 18.3 Å². The standard InChI is InChI=1S/C42H65NO10/c1-9-30-21-25(2)20-26(3)22-33(49-7)37-34(50-8)23-29(6)42(48,53-37)38(45)39(46)43-19-13-11-14-31(43)40(47)51-36(27(4)16-17-32(30)44)28(5)24-41-18-12-10-15-35(41)52-41/h21,24,26-27,29-31,33-37,48H,9-20,22-23H2,1-8H3/b25-21+,28-24?/t26?,27?,29?,30?,31?,33?,34?,35-,36?,37?,41+,42?/m0/s1. The fourth-order valence-electron chi connectivity index (χ4n) is 9.53. The van der Waals surface area contributed by atoms with Crippen molar-refractivity contribution in [2.75, 3.05) is 20.8 Å². The molecule has 0 aromatic heterocycles. The van der Waals surface area contributed by atoms with E-state index in [-0.39, 0.29) is 48.2 Å². The zero-order valence-electron chi connectivity index (χ0n) is 33.4. The van der Waals surface area contributed by atoms with Gasteiger partial charge in [-0.25, -0.2) is 4.79 Å². The first-order valence-electron chi connectivity index (χ1n) is 20.3. The molecule has 5 aliphatic rings. The van der Waals surface area contributed by atoms with Crippen LogP contribution >= 0.6 is 0 Å². The van der Waals surface area contributed by atoms with Crippen molar-refractivity contribution < 1.29 is 48.0 Å². The van der Waals surface area contributed by atoms with Crippen LogP contribution in [-0.4, -0.2) is 102 Å². The number of hydrogen-bond acceptors (Lipinski definition) is 10. The van der Waals surface area contributed by atoms with Crippen LogP contribution in [0, 0.1) is 23.7 Å². The number of hydrogen-bond donors (Lipinski definition) is 1. The van der Waals surface area contributed by atoms with E-state index in [0.717, 1.165) is 36.8 Å². The molecule has 0 radical (unpaired) electrons. The highest BCUT2D eigenvalue weighted by Gasteiger charge is 2.57. The highest BCUT2D eigenvalue weighted by Crippen LogP contribution is 2.50. The average Bonchev–Trinajstić information content (AvgIpc) is 3.87. The monoisotopic (exact) mass is 743 g/mol. The third-order valence-corrected chi connectivity index (χ3v) is 12.8. The summed E-state index contributed by atoms with van der Waals surface area (Å²) in [4.78, 5) is 57.5. The van der Waals surface area contributed by atoms with E-state index >= 15 is 0 Å². The Kier molecular flexibility index (Phi) is 13.8. The second-order valence-corrected chi connectivity index (χ2v) is 16.9. The highest BCUT2D eigenvalue weighted by molar-refractivity contribution is 6.39. The maximum atomic E-state index is 14.2. The summed E-state index contributed by atoms with van der Waals surface area (Å²) in [5.74, 6) is -6.04. The number of esters is 1. The lowest BCUT2D eigenvalue weighted by molar-refractivity contribution is -0.302. The summed E-state index contributed by atoms with van der Waals surface area (Å²) in [6.45, 7) is 12.0. The second kappa shape index (κ2) is 17.6. The lowest BCUT2D eigenvalue weighted by Crippen LogP contribution is -2.64. The highest BCUT2D eigenvalue weighted by atomic mass is 16.7. The van der Waals surface area contributed by atoms with Crippen LogP contribution in [-0.2, 0) is 42.9 Å². The molecule has 4 fully saturated rings. The first-order chi connectivity index (χ1) is 25.2. The molecule has 0 spiro atoms. The van der Waals surface area contributed by atoms with Gasteiger partial charge in [0, 0.05) is 39.0 Å². The molecule has 11 heteroatoms. The molecule has 298 valence electrons. The summed E-state index contributed by atoms with van der Waals surface area (Å²) in [5.41, 5.74) is 1.62. The van der Waals surface area contributed by atoms with Crippen LogP contribution in [0.1, 0.15) is 125 Å². The third kappa shape index (κ3) is 9.17. The van der Waals surface area contributed by atoms with Crippen LogP contribution in [0.2, 0.25) is 0 Å². The summed E-state index contributed by atoms with van der Waals surface area (Å²) >= 11 is 0. The third-order valence-electron chi connectivity index (χ3n) is 12.8. The van der Waals surface area contributed by atoms with Gasteiger partial charge in [0.25, 0.3) is 11.7 Å². The predicted octanol–water partition coefficient (Wildman–Crippen LogP) is 6.04. The van der Waals surface area contributed by atoms with Gasteiger partial charge < -0.3 is 33.7 Å². The van der Waals surface area contributed by atoms with Gasteiger partial charge in [-0.15, -0.1) is 0 Å². The molecule has 1 N–H and O–H groups in total. The second-order valence-electron chi connectivity index (χ2n) is 16.9. The van der Waals surface area contributed by atoms with Crippen molar-refractivity contribution >= 4 is 23.4 Å². The number of rotatable bonds is 5. The normalized spacial score (nSPS) is 42.4. The van der Waals surface area contributed by atoms with E-state index in [1.54, 1.807) is 21.1 Å². The number of piperidine rings is 1. The SMILES string of the molecule is CCC1/C=C(\C)CC(C)CC(OC)C2OC(O)(C(=O)C(=O)N3CCCCC3C(=O)OC(C(C)=C[C@]34CCCC[C@@H]3O4)C(C)CCC1=O)C(C)CC2OC. The van der Waals surface area contributed by atoms with Gasteiger partial charge in [0.2, 0.25) is 5.79 Å². The maximum Gasteiger partial charge on any atom is 0.329 e. The van der Waals surface area contributed by atoms with E-state index in [0.29, 0.717) is 51.4 Å². The van der Waals surface area contributed by atoms with Crippen LogP contribution in [0.25, 0.3) is 0 Å². The Morgan fingerprint density at radius 2 is 1.68 bits per heavy atom. The van der Waals surface area contributed by atoms with Crippen LogP contribution in [0.4, 0.5) is 0 Å². The van der Waals surface area contributed by atoms with Crippen molar-refractivity contribution in [3.63, 3.8) is 0 Å². The predicted molar refractivity (Wildman–Crippen MR) is 199 cm³/mol. The van der Waals surface area contributed by atoms with E-state index in [1.807, 2.05) is 27.7 Å². The minimum absolute atomic E-state index is 0.107. The topological polar surface area (TPSA) is 141 Å². The van der Waals surface area contributed by atoms with Crippen molar-refractivity contribution in [2.24, 2.45) is 23.7 Å². The van der Waals surface area contributed by atoms with Gasteiger partial charge in [0.1, 0.15) is 29.6 Å². The average molecular weight is 744 g/mol. The van der Waals surface area contributed by atoms with Crippen LogP contribution in [0.3, 0.4) is 0 Å². The summed E-state index contributed by atoms with van der Waals surface area (Å²) in [6.07, 6.45) is 10.6. The number of nitrogens with zero attached hydrogens (tertiary/aromatic N) is 1. The Bertz CT molecular complexity index is 1410. The van der Waals surface area contributed by atoms with Crippen molar-refractivity contribution in [3.8, 4) is 0 Å². The van der Waals surface area contributed by atoms with Gasteiger partial charge in [-0.3, -0.25) is 14.4 Å². The quantitative estimate of drug-likeness (QED) is 0.153. The number of allylic oxidation sites excluding steroid dienone is 2. The number of fused-ring (bicyclic) bond motifs is 4. The number of cyclic esters (lactones) is 1. The summed E-state index contributed by atoms with van der Waals surface area (Å²) < 4.78 is 30.5. The number of carbonyl (C=O) groups is 4. The Morgan fingerprint density at radius 1 is 0.981 bits per heavy atom. The molecular weight excluding hydrogens is 678 g/mol. The molecule has 11 nitrogen and oxygen atoms in total. The molecule has 12 atom stereocenters. The number of Topliss-reactive ketones (excluding diaryl/α,β-unsaturated/α-hetero) is 2. The first kappa shape index (κ1) is 41.7. The molecule has 1 saturated carbocycles.